The Morgan fingerprint density at radius 3 is 2.60 bits per heavy atom. The number of hydrogen-bond acceptors (Lipinski definition) is 7. The van der Waals surface area contributed by atoms with E-state index in [1.807, 2.05) is 0 Å². The summed E-state index contributed by atoms with van der Waals surface area (Å²) >= 11 is 0. The molecule has 0 radical (unpaired) electrons. The highest BCUT2D eigenvalue weighted by Crippen LogP contribution is 2.43. The van der Waals surface area contributed by atoms with Gasteiger partial charge < -0.3 is 20.9 Å². The van der Waals surface area contributed by atoms with Crippen molar-refractivity contribution in [2.75, 3.05) is 11.5 Å². The number of halogens is 2. The molecule has 0 amide bonds. The van der Waals surface area contributed by atoms with Crippen LogP contribution in [0.3, 0.4) is 0 Å². The Morgan fingerprint density at radius 1 is 1.15 bits per heavy atom. The minimum Gasteiger partial charge on any atom is -0.395 e. The fourth-order valence-corrected chi connectivity index (χ4v) is 1.58. The van der Waals surface area contributed by atoms with E-state index in [1.165, 1.54) is 18.2 Å². The van der Waals surface area contributed by atoms with Crippen molar-refractivity contribution in [3.63, 3.8) is 0 Å². The van der Waals surface area contributed by atoms with E-state index in [1.54, 1.807) is 0 Å². The minimum absolute atomic E-state index is 0.0729. The van der Waals surface area contributed by atoms with Crippen LogP contribution in [0.5, 0.6) is 11.5 Å². The Balaban J connectivity index is 1.87. The predicted molar refractivity (Wildman–Crippen MR) is 64.2 cm³/mol. The Morgan fingerprint density at radius 2 is 1.90 bits per heavy atom. The third-order valence-electron chi connectivity index (χ3n) is 2.44. The number of fused-ring (bicyclic) bond motifs is 1. The molecule has 0 atom stereocenters. The van der Waals surface area contributed by atoms with E-state index < -0.39 is 6.29 Å². The van der Waals surface area contributed by atoms with Crippen LogP contribution in [0.15, 0.2) is 28.4 Å². The number of hydrogen-bond donors (Lipinski definition) is 3. The van der Waals surface area contributed by atoms with Crippen LogP contribution in [-0.2, 0) is 0 Å². The van der Waals surface area contributed by atoms with Gasteiger partial charge in [0.2, 0.25) is 0 Å². The van der Waals surface area contributed by atoms with E-state index in [0.717, 1.165) is 0 Å². The van der Waals surface area contributed by atoms with Gasteiger partial charge in [-0.2, -0.15) is 10.2 Å². The quantitative estimate of drug-likeness (QED) is 0.729. The summed E-state index contributed by atoms with van der Waals surface area (Å²) in [5.41, 5.74) is 11.5. The van der Waals surface area contributed by atoms with Crippen molar-refractivity contribution >= 4 is 23.0 Å². The fourth-order valence-electron chi connectivity index (χ4n) is 1.58. The molecule has 1 aromatic carbocycles. The highest BCUT2D eigenvalue weighted by Gasteiger charge is 2.43. The van der Waals surface area contributed by atoms with E-state index in [9.17, 15) is 8.78 Å². The molecule has 0 saturated carbocycles. The summed E-state index contributed by atoms with van der Waals surface area (Å²) in [6.07, 6.45) is -3.67. The molecule has 2 aromatic rings. The van der Waals surface area contributed by atoms with Gasteiger partial charge >= 0.3 is 6.29 Å². The van der Waals surface area contributed by atoms with Gasteiger partial charge in [0.05, 0.1) is 5.69 Å². The maximum absolute atomic E-state index is 12.8. The summed E-state index contributed by atoms with van der Waals surface area (Å²) in [6.45, 7) is 0. The SMILES string of the molecule is Nc1n[nH]c(N)c1N=Nc1ccc2c(c1)OC(F)(F)O2. The monoisotopic (exact) mass is 282 g/mol. The number of rotatable bonds is 2. The number of nitrogens with zero attached hydrogens (tertiary/aromatic N) is 3. The van der Waals surface area contributed by atoms with E-state index in [4.69, 9.17) is 11.5 Å². The number of nitrogens with one attached hydrogen (secondary N) is 1. The largest absolute Gasteiger partial charge is 0.586 e. The van der Waals surface area contributed by atoms with Gasteiger partial charge in [-0.05, 0) is 12.1 Å². The van der Waals surface area contributed by atoms with Crippen LogP contribution in [-0.4, -0.2) is 16.5 Å². The number of anilines is 2. The summed E-state index contributed by atoms with van der Waals surface area (Å²) in [5, 5.41) is 13.7. The lowest BCUT2D eigenvalue weighted by Crippen LogP contribution is -2.25. The van der Waals surface area contributed by atoms with Crippen LogP contribution in [0.1, 0.15) is 0 Å². The summed E-state index contributed by atoms with van der Waals surface area (Å²) < 4.78 is 34.2. The smallest absolute Gasteiger partial charge is 0.395 e. The summed E-state index contributed by atoms with van der Waals surface area (Å²) in [4.78, 5) is 0. The van der Waals surface area contributed by atoms with Gasteiger partial charge in [-0.3, -0.25) is 5.10 Å². The highest BCUT2D eigenvalue weighted by atomic mass is 19.3. The van der Waals surface area contributed by atoms with Gasteiger partial charge in [0.15, 0.2) is 23.0 Å². The topological polar surface area (TPSA) is 124 Å². The summed E-state index contributed by atoms with van der Waals surface area (Å²) in [5.74, 6) is 0.0351. The number of nitrogen functional groups attached to an aromatic ring is 2. The van der Waals surface area contributed by atoms with Crippen molar-refractivity contribution in [1.29, 1.82) is 0 Å². The maximum Gasteiger partial charge on any atom is 0.586 e. The van der Waals surface area contributed by atoms with Gasteiger partial charge in [-0.1, -0.05) is 0 Å². The Labute approximate surface area is 110 Å². The van der Waals surface area contributed by atoms with E-state index in [2.05, 4.69) is 29.9 Å². The number of aromatic nitrogens is 2. The standard InChI is InChI=1S/C10H8F2N6O2/c11-10(12)19-5-2-1-4(3-6(5)20-10)15-16-7-8(13)17-18-9(7)14/h1-3H,(H5,13,14,17,18). The Kier molecular flexibility index (Phi) is 2.46. The normalized spacial score (nSPS) is 15.9. The van der Waals surface area contributed by atoms with Gasteiger partial charge in [0.1, 0.15) is 5.82 Å². The number of benzene rings is 1. The first kappa shape index (κ1) is 12.1. The van der Waals surface area contributed by atoms with Gasteiger partial charge in [0, 0.05) is 6.07 Å². The molecular weight excluding hydrogens is 274 g/mol. The number of H-pyrrole nitrogens is 1. The van der Waals surface area contributed by atoms with Crippen LogP contribution < -0.4 is 20.9 Å². The molecule has 0 unspecified atom stereocenters. The lowest BCUT2D eigenvalue weighted by atomic mass is 10.3. The van der Waals surface area contributed by atoms with Gasteiger partial charge in [-0.25, -0.2) is 0 Å². The highest BCUT2D eigenvalue weighted by molar-refractivity contribution is 5.70. The molecule has 0 spiro atoms. The number of nitrogens with two attached hydrogens (primary N) is 2. The molecule has 1 aliphatic rings. The average Bonchev–Trinajstić information content (AvgIpc) is 2.85. The first-order valence-electron chi connectivity index (χ1n) is 5.35. The number of ether oxygens (including phenoxy) is 2. The third-order valence-corrected chi connectivity index (χ3v) is 2.44. The van der Waals surface area contributed by atoms with Crippen molar-refractivity contribution < 1.29 is 18.3 Å². The molecule has 1 aromatic heterocycles. The van der Waals surface area contributed by atoms with Gasteiger partial charge in [-0.15, -0.1) is 13.9 Å². The molecule has 1 aliphatic heterocycles. The molecule has 8 nitrogen and oxygen atoms in total. The first-order chi connectivity index (χ1) is 9.44. The first-order valence-corrected chi connectivity index (χ1v) is 5.35. The van der Waals surface area contributed by atoms with Gasteiger partial charge in [0.25, 0.3) is 0 Å². The van der Waals surface area contributed by atoms with Crippen LogP contribution in [0.2, 0.25) is 0 Å². The average molecular weight is 282 g/mol. The van der Waals surface area contributed by atoms with E-state index >= 15 is 0 Å². The molecule has 5 N–H and O–H groups in total. The van der Waals surface area contributed by atoms with Crippen molar-refractivity contribution in [1.82, 2.24) is 10.2 Å². The molecule has 104 valence electrons. The Bertz CT molecular complexity index is 680. The summed E-state index contributed by atoms with van der Waals surface area (Å²) in [6, 6.07) is 3.98. The molecule has 0 aliphatic carbocycles. The molecule has 0 bridgehead atoms. The van der Waals surface area contributed by atoms with Crippen LogP contribution in [0.4, 0.5) is 31.8 Å². The summed E-state index contributed by atoms with van der Waals surface area (Å²) in [7, 11) is 0. The molecular formula is C10H8F2N6O2. The lowest BCUT2D eigenvalue weighted by molar-refractivity contribution is -0.286. The third kappa shape index (κ3) is 2.06. The zero-order chi connectivity index (χ0) is 14.3. The minimum atomic E-state index is -3.67. The zero-order valence-electron chi connectivity index (χ0n) is 9.80. The molecule has 20 heavy (non-hydrogen) atoms. The number of aromatic amines is 1. The Hall–Kier alpha value is -2.91. The molecule has 0 saturated heterocycles. The van der Waals surface area contributed by atoms with Crippen molar-refractivity contribution in [2.24, 2.45) is 10.2 Å². The molecule has 0 fully saturated rings. The van der Waals surface area contributed by atoms with E-state index in [-0.39, 0.29) is 34.5 Å². The number of azo groups is 1. The van der Waals surface area contributed by atoms with Crippen molar-refractivity contribution in [3.8, 4) is 11.5 Å². The van der Waals surface area contributed by atoms with E-state index in [0.29, 0.717) is 0 Å². The van der Waals surface area contributed by atoms with Crippen LogP contribution in [0, 0.1) is 0 Å². The molecule has 2 heterocycles. The van der Waals surface area contributed by atoms with Crippen molar-refractivity contribution in [3.05, 3.63) is 18.2 Å². The second-order valence-electron chi connectivity index (χ2n) is 3.87. The maximum atomic E-state index is 12.8. The molecule has 10 heteroatoms. The number of alkyl halides is 2. The van der Waals surface area contributed by atoms with Crippen molar-refractivity contribution in [2.45, 2.75) is 6.29 Å². The van der Waals surface area contributed by atoms with Crippen LogP contribution >= 0.6 is 0 Å². The lowest BCUT2D eigenvalue weighted by Gasteiger charge is -2.04. The molecule has 3 rings (SSSR count). The second-order valence-corrected chi connectivity index (χ2v) is 3.87. The second kappa shape index (κ2) is 4.05. The zero-order valence-corrected chi connectivity index (χ0v) is 9.80. The fraction of sp³-hybridized carbons (Fsp3) is 0.100. The predicted octanol–water partition coefficient (Wildman–Crippen LogP) is 2.31. The van der Waals surface area contributed by atoms with Crippen LogP contribution in [0.25, 0.3) is 0 Å².